The van der Waals surface area contributed by atoms with Gasteiger partial charge in [-0.1, -0.05) is 30.0 Å². The molecule has 1 aromatic rings. The van der Waals surface area contributed by atoms with Crippen LogP contribution in [0.2, 0.25) is 0 Å². The van der Waals surface area contributed by atoms with Gasteiger partial charge in [0.15, 0.2) is 5.17 Å². The van der Waals surface area contributed by atoms with Gasteiger partial charge >= 0.3 is 0 Å². The van der Waals surface area contributed by atoms with Gasteiger partial charge in [0, 0.05) is 20.5 Å². The molecule has 0 radical (unpaired) electrons. The number of amidine groups is 1. The first-order chi connectivity index (χ1) is 9.17. The van der Waals surface area contributed by atoms with Gasteiger partial charge in [-0.3, -0.25) is 14.6 Å². The fourth-order valence-electron chi connectivity index (χ4n) is 1.90. The Hall–Kier alpha value is -1.82. The molecule has 100 valence electrons. The third kappa shape index (κ3) is 2.78. The van der Waals surface area contributed by atoms with Gasteiger partial charge in [0.25, 0.3) is 0 Å². The van der Waals surface area contributed by atoms with Crippen LogP contribution >= 0.6 is 11.8 Å². The molecule has 19 heavy (non-hydrogen) atoms. The van der Waals surface area contributed by atoms with E-state index in [1.165, 1.54) is 16.7 Å². The smallest absolute Gasteiger partial charge is 0.247 e. The molecule has 1 aromatic carbocycles. The molecular weight excluding hydrogens is 262 g/mol. The fourth-order valence-corrected chi connectivity index (χ4v) is 2.83. The van der Waals surface area contributed by atoms with Gasteiger partial charge in [-0.05, 0) is 12.1 Å². The summed E-state index contributed by atoms with van der Waals surface area (Å²) >= 11 is 1.29. The van der Waals surface area contributed by atoms with Crippen molar-refractivity contribution in [3.8, 4) is 0 Å². The van der Waals surface area contributed by atoms with Crippen molar-refractivity contribution in [2.45, 2.75) is 11.7 Å². The number of hydrogen-bond donors (Lipinski definition) is 1. The van der Waals surface area contributed by atoms with E-state index in [0.717, 1.165) is 0 Å². The van der Waals surface area contributed by atoms with Crippen LogP contribution in [0.5, 0.6) is 0 Å². The van der Waals surface area contributed by atoms with E-state index in [1.54, 1.807) is 26.2 Å². The van der Waals surface area contributed by atoms with E-state index >= 15 is 0 Å². The fraction of sp³-hybridized carbons (Fsp3) is 0.308. The summed E-state index contributed by atoms with van der Waals surface area (Å²) in [5.41, 5.74) is 0.625. The number of imide groups is 1. The maximum Gasteiger partial charge on any atom is 0.247 e. The van der Waals surface area contributed by atoms with Crippen molar-refractivity contribution >= 4 is 34.4 Å². The number of anilines is 1. The lowest BCUT2D eigenvalue weighted by molar-refractivity contribution is -0.121. The number of carbonyl (C=O) groups excluding carboxylic acids is 2. The van der Waals surface area contributed by atoms with Crippen LogP contribution in [0.3, 0.4) is 0 Å². The molecule has 1 heterocycles. The quantitative estimate of drug-likeness (QED) is 0.502. The summed E-state index contributed by atoms with van der Waals surface area (Å²) in [7, 11) is 3.39. The lowest BCUT2D eigenvalue weighted by Gasteiger charge is -2.14. The van der Waals surface area contributed by atoms with E-state index in [1.807, 2.05) is 18.2 Å². The molecule has 0 spiro atoms. The van der Waals surface area contributed by atoms with Gasteiger partial charge in [0.1, 0.15) is 5.25 Å². The van der Waals surface area contributed by atoms with Crippen molar-refractivity contribution in [2.24, 2.45) is 4.99 Å². The number of hydrogen-bond acceptors (Lipinski definition) is 4. The highest BCUT2D eigenvalue weighted by molar-refractivity contribution is 8.15. The minimum Gasteiger partial charge on any atom is -0.368 e. The number of nitrogens with zero attached hydrogens (tertiary/aromatic N) is 2. The Morgan fingerprint density at radius 1 is 1.37 bits per heavy atom. The summed E-state index contributed by atoms with van der Waals surface area (Å²) < 4.78 is 0. The second-order valence-corrected chi connectivity index (χ2v) is 5.18. The normalized spacial score (nSPS) is 20.0. The molecule has 2 rings (SSSR count). The van der Waals surface area contributed by atoms with E-state index in [0.29, 0.717) is 10.9 Å². The van der Waals surface area contributed by atoms with Gasteiger partial charge < -0.3 is 5.32 Å². The van der Waals surface area contributed by atoms with Crippen LogP contribution in [0.15, 0.2) is 35.3 Å². The zero-order valence-corrected chi connectivity index (χ0v) is 11.6. The predicted molar refractivity (Wildman–Crippen MR) is 77.3 cm³/mol. The van der Waals surface area contributed by atoms with Crippen molar-refractivity contribution < 1.29 is 9.59 Å². The highest BCUT2D eigenvalue weighted by Gasteiger charge is 2.40. The Kier molecular flexibility index (Phi) is 4.21. The van der Waals surface area contributed by atoms with Gasteiger partial charge in [0.05, 0.1) is 5.69 Å². The minimum atomic E-state index is -0.404. The Bertz CT molecular complexity index is 516. The molecule has 1 fully saturated rings. The van der Waals surface area contributed by atoms with Gasteiger partial charge in [-0.25, -0.2) is 4.90 Å². The monoisotopic (exact) mass is 277 g/mol. The van der Waals surface area contributed by atoms with Crippen LogP contribution in [0, 0.1) is 0 Å². The molecule has 0 saturated carbocycles. The summed E-state index contributed by atoms with van der Waals surface area (Å²) in [5, 5.41) is 3.15. The van der Waals surface area contributed by atoms with Crippen molar-refractivity contribution in [1.82, 2.24) is 5.32 Å². The number of carbonyl (C=O) groups is 2. The molecule has 1 saturated heterocycles. The molecule has 5 nitrogen and oxygen atoms in total. The Morgan fingerprint density at radius 2 is 2.05 bits per heavy atom. The van der Waals surface area contributed by atoms with E-state index in [4.69, 9.17) is 0 Å². The zero-order chi connectivity index (χ0) is 13.8. The average molecular weight is 277 g/mol. The largest absolute Gasteiger partial charge is 0.368 e. The van der Waals surface area contributed by atoms with Crippen molar-refractivity contribution in [2.75, 3.05) is 19.0 Å². The number of thioether (sulfide) groups is 1. The average Bonchev–Trinajstić information content (AvgIpc) is 2.71. The van der Waals surface area contributed by atoms with Crippen molar-refractivity contribution in [3.63, 3.8) is 0 Å². The first-order valence-corrected chi connectivity index (χ1v) is 6.78. The molecule has 1 aliphatic heterocycles. The molecule has 1 atom stereocenters. The van der Waals surface area contributed by atoms with Crippen molar-refractivity contribution in [1.29, 1.82) is 0 Å². The van der Waals surface area contributed by atoms with Gasteiger partial charge in [-0.15, -0.1) is 0 Å². The molecule has 1 aliphatic rings. The van der Waals surface area contributed by atoms with Crippen LogP contribution in [-0.4, -0.2) is 36.3 Å². The second-order valence-electron chi connectivity index (χ2n) is 3.99. The maximum atomic E-state index is 12.3. The van der Waals surface area contributed by atoms with E-state index in [-0.39, 0.29) is 18.2 Å². The predicted octanol–water partition coefficient (Wildman–Crippen LogP) is 1.26. The zero-order valence-electron chi connectivity index (χ0n) is 10.8. The number of para-hydroxylation sites is 1. The van der Waals surface area contributed by atoms with Crippen LogP contribution in [0.25, 0.3) is 0 Å². The number of benzene rings is 1. The first-order valence-electron chi connectivity index (χ1n) is 5.90. The Balaban J connectivity index is 2.18. The van der Waals surface area contributed by atoms with Crippen LogP contribution in [0.4, 0.5) is 5.69 Å². The maximum absolute atomic E-state index is 12.3. The number of nitrogens with one attached hydrogen (secondary N) is 1. The van der Waals surface area contributed by atoms with Gasteiger partial charge in [-0.2, -0.15) is 0 Å². The molecule has 2 amide bonds. The van der Waals surface area contributed by atoms with Crippen molar-refractivity contribution in [3.05, 3.63) is 30.3 Å². The molecular formula is C13H15N3O2S. The van der Waals surface area contributed by atoms with Crippen LogP contribution in [-0.2, 0) is 9.59 Å². The van der Waals surface area contributed by atoms with Crippen LogP contribution < -0.4 is 10.2 Å². The topological polar surface area (TPSA) is 61.8 Å². The molecule has 1 N–H and O–H groups in total. The van der Waals surface area contributed by atoms with E-state index in [2.05, 4.69) is 10.3 Å². The Morgan fingerprint density at radius 3 is 2.63 bits per heavy atom. The highest BCUT2D eigenvalue weighted by atomic mass is 32.2. The van der Waals surface area contributed by atoms with Crippen LogP contribution in [0.1, 0.15) is 6.42 Å². The number of aliphatic imine (C=N–C) groups is 1. The molecule has 0 bridgehead atoms. The first kappa shape index (κ1) is 13.6. The molecule has 0 unspecified atom stereocenters. The van der Waals surface area contributed by atoms with E-state index in [9.17, 15) is 9.59 Å². The highest BCUT2D eigenvalue weighted by Crippen LogP contribution is 2.29. The second kappa shape index (κ2) is 5.88. The number of amides is 2. The molecule has 6 heteroatoms. The summed E-state index contributed by atoms with van der Waals surface area (Å²) in [6, 6.07) is 8.99. The lowest BCUT2D eigenvalue weighted by Crippen LogP contribution is -2.32. The third-order valence-electron chi connectivity index (χ3n) is 2.79. The molecule has 0 aromatic heterocycles. The van der Waals surface area contributed by atoms with E-state index < -0.39 is 5.25 Å². The summed E-state index contributed by atoms with van der Waals surface area (Å²) in [5.74, 6) is -0.349. The Labute approximate surface area is 116 Å². The standard InChI is InChI=1S/C13H15N3O2S/c1-14-13(15-2)19-10-8-11(17)16(12(10)18)9-6-4-3-5-7-9/h3-7,10H,8H2,1-2H3,(H,14,15)/t10-/m1/s1. The number of rotatable bonds is 2. The van der Waals surface area contributed by atoms with Gasteiger partial charge in [0.2, 0.25) is 11.8 Å². The summed E-state index contributed by atoms with van der Waals surface area (Å²) in [4.78, 5) is 29.5. The summed E-state index contributed by atoms with van der Waals surface area (Å²) in [6.45, 7) is 0. The minimum absolute atomic E-state index is 0.166. The lowest BCUT2D eigenvalue weighted by atomic mass is 10.3. The molecule has 0 aliphatic carbocycles. The third-order valence-corrected chi connectivity index (χ3v) is 4.05. The SMILES string of the molecule is CN=C(NC)S[C@@H]1CC(=O)N(c2ccccc2)C1=O. The summed E-state index contributed by atoms with van der Waals surface area (Å²) in [6.07, 6.45) is 0.207.